The fourth-order valence-corrected chi connectivity index (χ4v) is 3.17. The molecule has 0 aliphatic heterocycles. The molecule has 1 aromatic carbocycles. The second-order valence-corrected chi connectivity index (χ2v) is 6.83. The summed E-state index contributed by atoms with van der Waals surface area (Å²) >= 11 is 0. The molecular weight excluding hydrogens is 293 g/mol. The Bertz CT molecular complexity index is 485. The fourth-order valence-electron chi connectivity index (χ4n) is 2.20. The van der Waals surface area contributed by atoms with E-state index < -0.39 is 25.6 Å². The Morgan fingerprint density at radius 2 is 2.00 bits per heavy atom. The van der Waals surface area contributed by atoms with Crippen LogP contribution >= 0.6 is 7.60 Å². The first-order chi connectivity index (χ1) is 9.78. The Hall–Kier alpha value is -1.20. The topological polar surface area (TPSA) is 101 Å². The molecule has 0 spiro atoms. The molecule has 0 saturated carbocycles. The highest BCUT2D eigenvalue weighted by atomic mass is 31.2. The van der Waals surface area contributed by atoms with E-state index in [1.54, 1.807) is 0 Å². The smallest absolute Gasteiger partial charge is 0.245 e. The third-order valence-corrected chi connectivity index (χ3v) is 4.21. The molecule has 1 amide bonds. The summed E-state index contributed by atoms with van der Waals surface area (Å²) in [5.41, 5.74) is 1.14. The number of carbonyl (C=O) groups excluding carboxylic acids is 1. The van der Waals surface area contributed by atoms with Gasteiger partial charge in [0.2, 0.25) is 5.91 Å². The van der Waals surface area contributed by atoms with Crippen molar-refractivity contribution >= 4 is 13.5 Å². The zero-order valence-electron chi connectivity index (χ0n) is 12.0. The zero-order chi connectivity index (χ0) is 15.9. The van der Waals surface area contributed by atoms with Crippen LogP contribution in [0.3, 0.4) is 0 Å². The number of hydroxylamine groups is 2. The Balaban J connectivity index is 2.52. The minimum Gasteiger partial charge on any atom is -0.779 e. The van der Waals surface area contributed by atoms with Crippen molar-refractivity contribution in [3.63, 3.8) is 0 Å². The summed E-state index contributed by atoms with van der Waals surface area (Å²) in [4.78, 5) is 31.5. The van der Waals surface area contributed by atoms with Crippen LogP contribution in [-0.2, 0) is 15.8 Å². The number of carbonyl (C=O) groups is 1. The van der Waals surface area contributed by atoms with Gasteiger partial charge in [0.05, 0.1) is 0 Å². The highest BCUT2D eigenvalue weighted by Crippen LogP contribution is 2.35. The van der Waals surface area contributed by atoms with Gasteiger partial charge in [0.1, 0.15) is 7.60 Å². The second-order valence-electron chi connectivity index (χ2n) is 5.19. The predicted octanol–water partition coefficient (Wildman–Crippen LogP) is 1.41. The lowest BCUT2D eigenvalue weighted by atomic mass is 9.98. The average Bonchev–Trinajstić information content (AvgIpc) is 2.37. The lowest BCUT2D eigenvalue weighted by molar-refractivity contribution is -0.194. The van der Waals surface area contributed by atoms with Crippen molar-refractivity contribution in [2.24, 2.45) is 5.92 Å². The molecule has 21 heavy (non-hydrogen) atoms. The Morgan fingerprint density at radius 1 is 1.38 bits per heavy atom. The normalized spacial score (nSPS) is 15.2. The second kappa shape index (κ2) is 8.29. The maximum atomic E-state index is 11.5. The van der Waals surface area contributed by atoms with E-state index in [1.165, 1.54) is 7.05 Å². The molecule has 1 rings (SSSR count). The first kappa shape index (κ1) is 17.9. The number of benzene rings is 1. The fraction of sp³-hybridized carbons (Fsp3) is 0.500. The first-order valence-electron chi connectivity index (χ1n) is 6.80. The third-order valence-electron chi connectivity index (χ3n) is 3.23. The van der Waals surface area contributed by atoms with Gasteiger partial charge in [0.25, 0.3) is 0 Å². The van der Waals surface area contributed by atoms with Gasteiger partial charge in [-0.1, -0.05) is 30.3 Å². The Morgan fingerprint density at radius 3 is 2.52 bits per heavy atom. The standard InChI is InChI=1S/C14H22NO5P/c1-15(17)14(16)10-13(11-21(18,19)20)9-5-8-12-6-3-2-4-7-12/h2-4,6-7,13,17H,5,8-11H2,1H3,(H2,18,19,20)/p-1. The summed E-state index contributed by atoms with van der Waals surface area (Å²) in [6.07, 6.45) is 1.42. The van der Waals surface area contributed by atoms with Crippen LogP contribution in [0.2, 0.25) is 0 Å². The maximum absolute atomic E-state index is 11.5. The van der Waals surface area contributed by atoms with Gasteiger partial charge in [0, 0.05) is 19.6 Å². The molecule has 6 nitrogen and oxygen atoms in total. The molecule has 2 unspecified atom stereocenters. The average molecular weight is 314 g/mol. The lowest BCUT2D eigenvalue weighted by Crippen LogP contribution is -2.27. The van der Waals surface area contributed by atoms with Gasteiger partial charge in [-0.05, 0) is 30.7 Å². The van der Waals surface area contributed by atoms with E-state index in [0.717, 1.165) is 12.0 Å². The van der Waals surface area contributed by atoms with E-state index >= 15 is 0 Å². The molecule has 0 aliphatic carbocycles. The van der Waals surface area contributed by atoms with E-state index in [-0.39, 0.29) is 6.42 Å². The molecule has 7 heteroatoms. The Labute approximate surface area is 124 Å². The highest BCUT2D eigenvalue weighted by molar-refractivity contribution is 7.50. The van der Waals surface area contributed by atoms with Crippen LogP contribution in [0.4, 0.5) is 0 Å². The van der Waals surface area contributed by atoms with Gasteiger partial charge in [0.15, 0.2) is 0 Å². The Kier molecular flexibility index (Phi) is 7.05. The molecule has 0 bridgehead atoms. The van der Waals surface area contributed by atoms with Crippen molar-refractivity contribution < 1.29 is 24.4 Å². The van der Waals surface area contributed by atoms with Crippen molar-refractivity contribution in [2.45, 2.75) is 25.7 Å². The van der Waals surface area contributed by atoms with E-state index in [2.05, 4.69) is 0 Å². The van der Waals surface area contributed by atoms with Crippen LogP contribution in [0.1, 0.15) is 24.8 Å². The van der Waals surface area contributed by atoms with Crippen molar-refractivity contribution in [1.29, 1.82) is 0 Å². The predicted molar refractivity (Wildman–Crippen MR) is 76.7 cm³/mol. The molecule has 0 aliphatic rings. The summed E-state index contributed by atoms with van der Waals surface area (Å²) in [7, 11) is -3.23. The summed E-state index contributed by atoms with van der Waals surface area (Å²) in [5.74, 6) is -1.06. The van der Waals surface area contributed by atoms with E-state index in [0.29, 0.717) is 17.9 Å². The summed E-state index contributed by atoms with van der Waals surface area (Å²) < 4.78 is 11.0. The number of rotatable bonds is 8. The van der Waals surface area contributed by atoms with E-state index in [9.17, 15) is 14.3 Å². The van der Waals surface area contributed by atoms with E-state index in [1.807, 2.05) is 30.3 Å². The minimum atomic E-state index is -4.42. The van der Waals surface area contributed by atoms with Gasteiger partial charge in [-0.15, -0.1) is 0 Å². The zero-order valence-corrected chi connectivity index (χ0v) is 12.9. The summed E-state index contributed by atoms with van der Waals surface area (Å²) in [6, 6.07) is 9.73. The van der Waals surface area contributed by atoms with Gasteiger partial charge < -0.3 is 14.4 Å². The summed E-state index contributed by atoms with van der Waals surface area (Å²) in [5, 5.41) is 9.49. The van der Waals surface area contributed by atoms with Gasteiger partial charge in [-0.25, -0.2) is 5.06 Å². The van der Waals surface area contributed by atoms with Crippen LogP contribution in [0.25, 0.3) is 0 Å². The number of hydrogen-bond donors (Lipinski definition) is 2. The first-order valence-corrected chi connectivity index (χ1v) is 8.56. The van der Waals surface area contributed by atoms with Crippen molar-refractivity contribution in [3.8, 4) is 0 Å². The molecule has 1 aromatic rings. The van der Waals surface area contributed by atoms with Gasteiger partial charge in [-0.3, -0.25) is 10.0 Å². The molecule has 0 aromatic heterocycles. The van der Waals surface area contributed by atoms with Gasteiger partial charge >= 0.3 is 0 Å². The molecule has 0 heterocycles. The van der Waals surface area contributed by atoms with Crippen molar-refractivity contribution in [1.82, 2.24) is 5.06 Å². The molecule has 0 fully saturated rings. The van der Waals surface area contributed by atoms with Crippen molar-refractivity contribution in [2.75, 3.05) is 13.2 Å². The maximum Gasteiger partial charge on any atom is 0.245 e. The lowest BCUT2D eigenvalue weighted by Gasteiger charge is -2.23. The third kappa shape index (κ3) is 7.97. The molecular formula is C14H21NO5P-. The number of aryl methyl sites for hydroxylation is 1. The van der Waals surface area contributed by atoms with Crippen LogP contribution in [0.15, 0.2) is 30.3 Å². The molecule has 0 radical (unpaired) electrons. The highest BCUT2D eigenvalue weighted by Gasteiger charge is 2.20. The van der Waals surface area contributed by atoms with Crippen LogP contribution in [0.5, 0.6) is 0 Å². The SMILES string of the molecule is CN(O)C(=O)CC(CCCc1ccccc1)CP(=O)([O-])O. The molecule has 118 valence electrons. The van der Waals surface area contributed by atoms with Crippen LogP contribution in [-0.4, -0.2) is 34.3 Å². The summed E-state index contributed by atoms with van der Waals surface area (Å²) in [6.45, 7) is 0. The van der Waals surface area contributed by atoms with Gasteiger partial charge in [-0.2, -0.15) is 0 Å². The number of amides is 1. The molecule has 0 saturated heterocycles. The molecule has 2 atom stereocenters. The minimum absolute atomic E-state index is 0.103. The van der Waals surface area contributed by atoms with E-state index in [4.69, 9.17) is 10.1 Å². The number of hydrogen-bond acceptors (Lipinski definition) is 4. The van der Waals surface area contributed by atoms with Crippen LogP contribution < -0.4 is 4.89 Å². The number of nitrogens with zero attached hydrogens (tertiary/aromatic N) is 1. The van der Waals surface area contributed by atoms with Crippen molar-refractivity contribution in [3.05, 3.63) is 35.9 Å². The van der Waals surface area contributed by atoms with Crippen LogP contribution in [0, 0.1) is 5.92 Å². The molecule has 2 N–H and O–H groups in total. The largest absolute Gasteiger partial charge is 0.779 e. The quantitative estimate of drug-likeness (QED) is 0.429. The monoisotopic (exact) mass is 314 g/mol.